The third kappa shape index (κ3) is 3.68. The van der Waals surface area contributed by atoms with Gasteiger partial charge in [0.15, 0.2) is 0 Å². The highest BCUT2D eigenvalue weighted by molar-refractivity contribution is 8.01. The molecule has 2 unspecified atom stereocenters. The number of halogens is 1. The van der Waals surface area contributed by atoms with Crippen molar-refractivity contribution in [3.63, 3.8) is 0 Å². The quantitative estimate of drug-likeness (QED) is 0.641. The summed E-state index contributed by atoms with van der Waals surface area (Å²) in [5.41, 5.74) is -1.93. The Morgan fingerprint density at radius 1 is 1.80 bits per heavy atom. The van der Waals surface area contributed by atoms with Crippen molar-refractivity contribution in [3.05, 3.63) is 0 Å². The van der Waals surface area contributed by atoms with Crippen LogP contribution in [0.1, 0.15) is 6.92 Å². The molecule has 0 fully saturated rings. The van der Waals surface area contributed by atoms with E-state index in [4.69, 9.17) is 10.2 Å². The molecule has 10 heavy (non-hydrogen) atoms. The van der Waals surface area contributed by atoms with Crippen LogP contribution in [0, 0.1) is 0 Å². The van der Waals surface area contributed by atoms with E-state index in [9.17, 15) is 9.18 Å². The zero-order valence-electron chi connectivity index (χ0n) is 5.45. The summed E-state index contributed by atoms with van der Waals surface area (Å²) in [5, 5.41) is 16.1. The van der Waals surface area contributed by atoms with Gasteiger partial charge >= 0.3 is 5.97 Å². The summed E-state index contributed by atoms with van der Waals surface area (Å²) < 4.78 is 12.2. The van der Waals surface area contributed by atoms with Crippen LogP contribution in [0.15, 0.2) is 0 Å². The van der Waals surface area contributed by atoms with E-state index in [1.54, 1.807) is 6.92 Å². The highest BCUT2D eigenvalue weighted by Gasteiger charge is 2.18. The van der Waals surface area contributed by atoms with Crippen LogP contribution >= 0.6 is 11.8 Å². The van der Waals surface area contributed by atoms with Gasteiger partial charge in [-0.15, -0.1) is 11.8 Å². The predicted molar refractivity (Wildman–Crippen MR) is 36.7 cm³/mol. The SMILES string of the molecule is CC(CO)SC(F)C(=O)O. The summed E-state index contributed by atoms with van der Waals surface area (Å²) in [6.45, 7) is 1.35. The molecule has 0 aromatic carbocycles. The third-order valence-corrected chi connectivity index (χ3v) is 1.86. The topological polar surface area (TPSA) is 57.5 Å². The molecule has 0 rings (SSSR count). The fraction of sp³-hybridized carbons (Fsp3) is 0.800. The first-order valence-corrected chi connectivity index (χ1v) is 3.65. The number of thioether (sulfide) groups is 1. The highest BCUT2D eigenvalue weighted by atomic mass is 32.2. The summed E-state index contributed by atoms with van der Waals surface area (Å²) >= 11 is 0.591. The molecule has 0 spiro atoms. The molecule has 0 saturated heterocycles. The summed E-state index contributed by atoms with van der Waals surface area (Å²) in [6.07, 6.45) is 0. The van der Waals surface area contributed by atoms with Crippen LogP contribution in [-0.4, -0.2) is 33.5 Å². The lowest BCUT2D eigenvalue weighted by Gasteiger charge is -2.07. The number of carboxylic acids is 1. The largest absolute Gasteiger partial charge is 0.478 e. The maximum atomic E-state index is 12.2. The average Bonchev–Trinajstić information content (AvgIpc) is 1.87. The number of carboxylic acid groups (broad SMARTS) is 1. The molecule has 0 bridgehead atoms. The maximum absolute atomic E-state index is 12.2. The molecule has 60 valence electrons. The van der Waals surface area contributed by atoms with E-state index < -0.39 is 11.5 Å². The predicted octanol–water partition coefficient (Wildman–Crippen LogP) is 0.481. The number of rotatable bonds is 4. The average molecular weight is 168 g/mol. The van der Waals surface area contributed by atoms with Crippen LogP contribution in [0.4, 0.5) is 4.39 Å². The van der Waals surface area contributed by atoms with Gasteiger partial charge in [0, 0.05) is 5.25 Å². The molecule has 0 aliphatic heterocycles. The Labute approximate surface area is 62.2 Å². The monoisotopic (exact) mass is 168 g/mol. The van der Waals surface area contributed by atoms with Crippen LogP contribution < -0.4 is 0 Å². The van der Waals surface area contributed by atoms with Gasteiger partial charge in [0.2, 0.25) is 5.50 Å². The Balaban J connectivity index is 3.56. The number of carbonyl (C=O) groups is 1. The van der Waals surface area contributed by atoms with Crippen LogP contribution in [-0.2, 0) is 4.79 Å². The van der Waals surface area contributed by atoms with Gasteiger partial charge in [-0.3, -0.25) is 0 Å². The lowest BCUT2D eigenvalue weighted by atomic mass is 10.5. The first-order valence-electron chi connectivity index (χ1n) is 2.71. The number of aliphatic hydroxyl groups is 1. The molecule has 0 aliphatic carbocycles. The second kappa shape index (κ2) is 4.51. The fourth-order valence-corrected chi connectivity index (χ4v) is 0.916. The second-order valence-corrected chi connectivity index (χ2v) is 3.27. The summed E-state index contributed by atoms with van der Waals surface area (Å²) in [4.78, 5) is 9.87. The van der Waals surface area contributed by atoms with Gasteiger partial charge in [0.1, 0.15) is 0 Å². The maximum Gasteiger partial charge on any atom is 0.348 e. The van der Waals surface area contributed by atoms with Crippen molar-refractivity contribution in [2.45, 2.75) is 17.7 Å². The third-order valence-electron chi connectivity index (χ3n) is 0.803. The minimum Gasteiger partial charge on any atom is -0.478 e. The van der Waals surface area contributed by atoms with Gasteiger partial charge in [-0.05, 0) is 0 Å². The molecule has 3 nitrogen and oxygen atoms in total. The van der Waals surface area contributed by atoms with Crippen molar-refractivity contribution >= 4 is 17.7 Å². The van der Waals surface area contributed by atoms with E-state index >= 15 is 0 Å². The van der Waals surface area contributed by atoms with E-state index in [2.05, 4.69) is 0 Å². The van der Waals surface area contributed by atoms with Crippen molar-refractivity contribution in [2.75, 3.05) is 6.61 Å². The number of aliphatic carboxylic acids is 1. The first kappa shape index (κ1) is 9.71. The van der Waals surface area contributed by atoms with Crippen LogP contribution in [0.3, 0.4) is 0 Å². The molecule has 0 aliphatic rings. The van der Waals surface area contributed by atoms with Gasteiger partial charge < -0.3 is 10.2 Å². The Kier molecular flexibility index (Phi) is 4.38. The molecule has 0 radical (unpaired) electrons. The van der Waals surface area contributed by atoms with Crippen molar-refractivity contribution in [1.82, 2.24) is 0 Å². The van der Waals surface area contributed by atoms with Crippen LogP contribution in [0.2, 0.25) is 0 Å². The zero-order valence-corrected chi connectivity index (χ0v) is 6.27. The number of hydrogen-bond donors (Lipinski definition) is 2. The Morgan fingerprint density at radius 3 is 2.60 bits per heavy atom. The molecule has 2 atom stereocenters. The second-order valence-electron chi connectivity index (χ2n) is 1.78. The van der Waals surface area contributed by atoms with Gasteiger partial charge in [0.05, 0.1) is 6.61 Å². The van der Waals surface area contributed by atoms with E-state index in [-0.39, 0.29) is 11.9 Å². The number of hydrogen-bond acceptors (Lipinski definition) is 3. The van der Waals surface area contributed by atoms with Crippen molar-refractivity contribution in [2.24, 2.45) is 0 Å². The Morgan fingerprint density at radius 2 is 2.30 bits per heavy atom. The summed E-state index contributed by atoms with van der Waals surface area (Å²) in [6, 6.07) is 0. The molecular formula is C5H9FO3S. The normalized spacial score (nSPS) is 16.3. The number of aliphatic hydroxyl groups excluding tert-OH is 1. The Bertz CT molecular complexity index is 119. The van der Waals surface area contributed by atoms with Crippen LogP contribution in [0.5, 0.6) is 0 Å². The lowest BCUT2D eigenvalue weighted by molar-refractivity contribution is -0.139. The summed E-state index contributed by atoms with van der Waals surface area (Å²) in [5.74, 6) is -1.50. The fourth-order valence-electron chi connectivity index (χ4n) is 0.305. The van der Waals surface area contributed by atoms with Gasteiger partial charge in [-0.1, -0.05) is 6.92 Å². The molecule has 2 N–H and O–H groups in total. The van der Waals surface area contributed by atoms with E-state index in [0.717, 1.165) is 0 Å². The number of alkyl halides is 1. The molecule has 0 heterocycles. The van der Waals surface area contributed by atoms with Crippen molar-refractivity contribution < 1.29 is 19.4 Å². The van der Waals surface area contributed by atoms with Crippen LogP contribution in [0.25, 0.3) is 0 Å². The molecule has 5 heteroatoms. The highest BCUT2D eigenvalue weighted by Crippen LogP contribution is 2.18. The van der Waals surface area contributed by atoms with Gasteiger partial charge in [0.25, 0.3) is 0 Å². The molecular weight excluding hydrogens is 159 g/mol. The zero-order chi connectivity index (χ0) is 8.15. The molecule has 0 aromatic rings. The minimum atomic E-state index is -1.93. The Hall–Kier alpha value is -0.290. The smallest absolute Gasteiger partial charge is 0.348 e. The molecule has 0 amide bonds. The van der Waals surface area contributed by atoms with Gasteiger partial charge in [-0.2, -0.15) is 0 Å². The van der Waals surface area contributed by atoms with Crippen molar-refractivity contribution in [1.29, 1.82) is 0 Å². The van der Waals surface area contributed by atoms with E-state index in [1.807, 2.05) is 0 Å². The standard InChI is InChI=1S/C5H9FO3S/c1-3(2-7)10-4(6)5(8)9/h3-4,7H,2H2,1H3,(H,8,9). The van der Waals surface area contributed by atoms with E-state index in [1.165, 1.54) is 0 Å². The van der Waals surface area contributed by atoms with E-state index in [0.29, 0.717) is 11.8 Å². The van der Waals surface area contributed by atoms with Crippen molar-refractivity contribution in [3.8, 4) is 0 Å². The first-order chi connectivity index (χ1) is 4.57. The summed E-state index contributed by atoms with van der Waals surface area (Å²) in [7, 11) is 0. The minimum absolute atomic E-state index is 0.210. The van der Waals surface area contributed by atoms with Gasteiger partial charge in [-0.25, -0.2) is 9.18 Å². The molecule has 0 saturated carbocycles. The lowest BCUT2D eigenvalue weighted by Crippen LogP contribution is -2.15. The molecule has 0 aromatic heterocycles.